The molecule has 0 fully saturated rings. The standard InChI is InChI=1S/C16H19NO3/c1-4-15(18-3)13-11-14(12-9-7-6-8-10-12)17-20-16(13)19-5-2/h6-10,13,16H,1,5,11H2,2-3H3/t13-,16+/m0/s1. The Labute approximate surface area is 119 Å². The summed E-state index contributed by atoms with van der Waals surface area (Å²) in [6.07, 6.45) is 0.206. The average Bonchev–Trinajstić information content (AvgIpc) is 2.51. The Hall–Kier alpha value is -2.03. The van der Waals surface area contributed by atoms with E-state index in [0.717, 1.165) is 11.3 Å². The number of methoxy groups -OCH3 is 1. The number of oxime groups is 1. The van der Waals surface area contributed by atoms with Gasteiger partial charge in [0.25, 0.3) is 0 Å². The van der Waals surface area contributed by atoms with Gasteiger partial charge in [-0.15, -0.1) is 0 Å². The zero-order valence-electron chi connectivity index (χ0n) is 11.8. The topological polar surface area (TPSA) is 40.0 Å². The highest BCUT2D eigenvalue weighted by Gasteiger charge is 2.34. The molecule has 1 aliphatic heterocycles. The molecule has 1 aromatic carbocycles. The van der Waals surface area contributed by atoms with E-state index < -0.39 is 6.29 Å². The summed E-state index contributed by atoms with van der Waals surface area (Å²) in [6, 6.07) is 9.93. The van der Waals surface area contributed by atoms with Gasteiger partial charge in [-0.1, -0.05) is 47.8 Å². The first kappa shape index (κ1) is 14.4. The van der Waals surface area contributed by atoms with E-state index in [2.05, 4.69) is 17.5 Å². The summed E-state index contributed by atoms with van der Waals surface area (Å²) in [7, 11) is 1.60. The molecule has 0 unspecified atom stereocenters. The summed E-state index contributed by atoms with van der Waals surface area (Å²) in [5, 5.41) is 4.18. The summed E-state index contributed by atoms with van der Waals surface area (Å²) in [5.74, 6) is 0.539. The number of benzene rings is 1. The van der Waals surface area contributed by atoms with Crippen molar-refractivity contribution in [2.24, 2.45) is 11.1 Å². The van der Waals surface area contributed by atoms with Gasteiger partial charge in [0.1, 0.15) is 5.76 Å². The second-order valence-corrected chi connectivity index (χ2v) is 4.39. The molecular formula is C16H19NO3. The fourth-order valence-electron chi connectivity index (χ4n) is 2.21. The third-order valence-corrected chi connectivity index (χ3v) is 3.18. The van der Waals surface area contributed by atoms with Gasteiger partial charge in [-0.3, -0.25) is 0 Å². The van der Waals surface area contributed by atoms with Crippen LogP contribution < -0.4 is 0 Å². The molecular weight excluding hydrogens is 254 g/mol. The van der Waals surface area contributed by atoms with Crippen LogP contribution in [0.2, 0.25) is 0 Å². The van der Waals surface area contributed by atoms with E-state index in [1.165, 1.54) is 0 Å². The van der Waals surface area contributed by atoms with Crippen LogP contribution in [0.5, 0.6) is 0 Å². The Morgan fingerprint density at radius 1 is 1.45 bits per heavy atom. The fourth-order valence-corrected chi connectivity index (χ4v) is 2.21. The molecule has 1 aliphatic rings. The first-order valence-electron chi connectivity index (χ1n) is 6.63. The van der Waals surface area contributed by atoms with Crippen LogP contribution in [0.4, 0.5) is 0 Å². The Morgan fingerprint density at radius 2 is 2.20 bits per heavy atom. The van der Waals surface area contributed by atoms with E-state index in [-0.39, 0.29) is 5.92 Å². The molecule has 20 heavy (non-hydrogen) atoms. The highest BCUT2D eigenvalue weighted by molar-refractivity contribution is 6.00. The van der Waals surface area contributed by atoms with Gasteiger partial charge in [-0.2, -0.15) is 0 Å². The van der Waals surface area contributed by atoms with Gasteiger partial charge in [-0.25, -0.2) is 0 Å². The van der Waals surface area contributed by atoms with E-state index in [0.29, 0.717) is 18.8 Å². The molecule has 106 valence electrons. The van der Waals surface area contributed by atoms with Crippen LogP contribution in [-0.2, 0) is 14.3 Å². The number of hydrogen-bond donors (Lipinski definition) is 0. The maximum absolute atomic E-state index is 5.57. The number of hydrogen-bond acceptors (Lipinski definition) is 4. The van der Waals surface area contributed by atoms with Gasteiger partial charge in [0.2, 0.25) is 6.29 Å². The molecule has 0 bridgehead atoms. The van der Waals surface area contributed by atoms with Crippen LogP contribution >= 0.6 is 0 Å². The number of rotatable bonds is 5. The monoisotopic (exact) mass is 273 g/mol. The van der Waals surface area contributed by atoms with Crippen molar-refractivity contribution in [3.63, 3.8) is 0 Å². The van der Waals surface area contributed by atoms with Gasteiger partial charge in [0.15, 0.2) is 0 Å². The van der Waals surface area contributed by atoms with Gasteiger partial charge >= 0.3 is 0 Å². The van der Waals surface area contributed by atoms with Crippen molar-refractivity contribution >= 4 is 5.71 Å². The maximum Gasteiger partial charge on any atom is 0.237 e. The molecule has 0 aliphatic carbocycles. The normalized spacial score (nSPS) is 21.4. The number of nitrogens with zero attached hydrogens (tertiary/aromatic N) is 1. The molecule has 1 aromatic rings. The molecule has 0 saturated heterocycles. The third-order valence-electron chi connectivity index (χ3n) is 3.18. The first-order valence-corrected chi connectivity index (χ1v) is 6.63. The van der Waals surface area contributed by atoms with Crippen molar-refractivity contribution in [3.8, 4) is 0 Å². The molecule has 0 amide bonds. The van der Waals surface area contributed by atoms with E-state index in [1.807, 2.05) is 37.3 Å². The van der Waals surface area contributed by atoms with Crippen molar-refractivity contribution in [2.45, 2.75) is 19.6 Å². The minimum Gasteiger partial charge on any atom is -0.493 e. The van der Waals surface area contributed by atoms with Crippen LogP contribution in [0, 0.1) is 5.92 Å². The quantitative estimate of drug-likeness (QED) is 0.611. The molecule has 0 aromatic heterocycles. The lowest BCUT2D eigenvalue weighted by atomic mass is 9.94. The van der Waals surface area contributed by atoms with Crippen molar-refractivity contribution in [1.82, 2.24) is 0 Å². The minimum absolute atomic E-state index is 0.0924. The number of ether oxygens (including phenoxy) is 2. The van der Waals surface area contributed by atoms with E-state index in [1.54, 1.807) is 7.11 Å². The average molecular weight is 273 g/mol. The van der Waals surface area contributed by atoms with Gasteiger partial charge in [-0.05, 0) is 12.5 Å². The molecule has 0 radical (unpaired) electrons. The van der Waals surface area contributed by atoms with Gasteiger partial charge < -0.3 is 14.3 Å². The van der Waals surface area contributed by atoms with Crippen molar-refractivity contribution < 1.29 is 14.3 Å². The largest absolute Gasteiger partial charge is 0.493 e. The molecule has 2 rings (SSSR count). The second-order valence-electron chi connectivity index (χ2n) is 4.39. The first-order chi connectivity index (χ1) is 9.80. The van der Waals surface area contributed by atoms with Crippen LogP contribution in [0.3, 0.4) is 0 Å². The van der Waals surface area contributed by atoms with Crippen LogP contribution in [0.15, 0.2) is 53.6 Å². The van der Waals surface area contributed by atoms with Gasteiger partial charge in [0, 0.05) is 13.0 Å². The summed E-state index contributed by atoms with van der Waals surface area (Å²) < 4.78 is 10.9. The molecule has 0 saturated carbocycles. The second kappa shape index (κ2) is 6.94. The molecule has 0 spiro atoms. The smallest absolute Gasteiger partial charge is 0.237 e. The summed E-state index contributed by atoms with van der Waals surface area (Å²) in [5.41, 5.74) is 4.72. The fraction of sp³-hybridized carbons (Fsp3) is 0.375. The van der Waals surface area contributed by atoms with Crippen LogP contribution in [0.25, 0.3) is 0 Å². The Kier molecular flexibility index (Phi) is 4.99. The van der Waals surface area contributed by atoms with Crippen molar-refractivity contribution in [3.05, 3.63) is 54.0 Å². The predicted octanol–water partition coefficient (Wildman–Crippen LogP) is 3.11. The third kappa shape index (κ3) is 3.10. The predicted molar refractivity (Wildman–Crippen MR) is 77.2 cm³/mol. The summed E-state index contributed by atoms with van der Waals surface area (Å²) >= 11 is 0. The van der Waals surface area contributed by atoms with E-state index >= 15 is 0 Å². The Balaban J connectivity index is 2.26. The zero-order valence-corrected chi connectivity index (χ0v) is 11.8. The van der Waals surface area contributed by atoms with Crippen molar-refractivity contribution in [1.29, 1.82) is 0 Å². The molecule has 0 N–H and O–H groups in total. The van der Waals surface area contributed by atoms with Crippen LogP contribution in [0.1, 0.15) is 18.9 Å². The minimum atomic E-state index is -0.461. The Bertz CT molecular complexity index is 518. The Morgan fingerprint density at radius 3 is 2.80 bits per heavy atom. The molecule has 1 heterocycles. The summed E-state index contributed by atoms with van der Waals surface area (Å²) in [4.78, 5) is 5.48. The highest BCUT2D eigenvalue weighted by Crippen LogP contribution is 2.29. The lowest BCUT2D eigenvalue weighted by Gasteiger charge is -2.29. The molecule has 4 nitrogen and oxygen atoms in total. The van der Waals surface area contributed by atoms with Crippen molar-refractivity contribution in [2.75, 3.05) is 13.7 Å². The summed E-state index contributed by atoms with van der Waals surface area (Å²) in [6.45, 7) is 6.13. The van der Waals surface area contributed by atoms with E-state index in [9.17, 15) is 0 Å². The highest BCUT2D eigenvalue weighted by atomic mass is 16.8. The lowest BCUT2D eigenvalue weighted by Crippen LogP contribution is -2.34. The SMILES string of the molecule is C=C=C(OC)[C@@H]1CC(c2ccccc2)=NO[C@H]1OCC. The zero-order chi connectivity index (χ0) is 14.4. The lowest BCUT2D eigenvalue weighted by molar-refractivity contribution is -0.173. The van der Waals surface area contributed by atoms with E-state index in [4.69, 9.17) is 14.3 Å². The molecule has 4 heteroatoms. The maximum atomic E-state index is 5.57. The molecule has 2 atom stereocenters. The van der Waals surface area contributed by atoms with Gasteiger partial charge in [0.05, 0.1) is 18.7 Å². The van der Waals surface area contributed by atoms with Crippen LogP contribution in [-0.4, -0.2) is 25.7 Å².